The second-order valence-corrected chi connectivity index (χ2v) is 7.53. The first-order valence-electron chi connectivity index (χ1n) is 8.19. The zero-order chi connectivity index (χ0) is 19.4. The number of carbonyl (C=O) groups excluding carboxylic acids is 1. The van der Waals surface area contributed by atoms with Crippen LogP contribution >= 0.6 is 24.0 Å². The summed E-state index contributed by atoms with van der Waals surface area (Å²) in [6.45, 7) is 0.506. The Kier molecular flexibility index (Phi) is 5.93. The standard InChI is InChI=1S/C20H17NO4S2/c1-25-16-8-4-13(5-9-16)10-11-21-18(22)17(27-20(21)26)12-14-2-6-15(7-3-14)19(23)24/h2-9,12H,10-11H2,1H3,(H,23,24)/b17-12+. The predicted octanol–water partition coefficient (Wildman–Crippen LogP) is 3.84. The van der Waals surface area contributed by atoms with Crippen LogP contribution in [0.4, 0.5) is 0 Å². The van der Waals surface area contributed by atoms with Gasteiger partial charge in [0.1, 0.15) is 10.1 Å². The Balaban J connectivity index is 1.67. The highest BCUT2D eigenvalue weighted by Gasteiger charge is 2.31. The van der Waals surface area contributed by atoms with Gasteiger partial charge in [0.05, 0.1) is 17.6 Å². The molecule has 138 valence electrons. The second-order valence-electron chi connectivity index (χ2n) is 5.86. The molecule has 0 radical (unpaired) electrons. The summed E-state index contributed by atoms with van der Waals surface area (Å²) in [6, 6.07) is 14.1. The topological polar surface area (TPSA) is 66.8 Å². The molecule has 0 spiro atoms. The van der Waals surface area contributed by atoms with Crippen molar-refractivity contribution in [2.24, 2.45) is 0 Å². The van der Waals surface area contributed by atoms with Crippen LogP contribution in [0.3, 0.4) is 0 Å². The van der Waals surface area contributed by atoms with E-state index in [9.17, 15) is 9.59 Å². The maximum atomic E-state index is 12.7. The molecule has 5 nitrogen and oxygen atoms in total. The quantitative estimate of drug-likeness (QED) is 0.588. The lowest BCUT2D eigenvalue weighted by molar-refractivity contribution is -0.122. The van der Waals surface area contributed by atoms with Crippen molar-refractivity contribution in [2.45, 2.75) is 6.42 Å². The van der Waals surface area contributed by atoms with Crippen molar-refractivity contribution in [3.8, 4) is 5.75 Å². The lowest BCUT2D eigenvalue weighted by Gasteiger charge is -2.14. The maximum Gasteiger partial charge on any atom is 0.335 e. The molecule has 1 fully saturated rings. The van der Waals surface area contributed by atoms with Gasteiger partial charge in [0.2, 0.25) is 0 Å². The van der Waals surface area contributed by atoms with Gasteiger partial charge in [-0.25, -0.2) is 4.79 Å². The summed E-state index contributed by atoms with van der Waals surface area (Å²) < 4.78 is 5.67. The number of ether oxygens (including phenoxy) is 1. The smallest absolute Gasteiger partial charge is 0.335 e. The van der Waals surface area contributed by atoms with Gasteiger partial charge in [-0.1, -0.05) is 48.2 Å². The molecule has 1 N–H and O–H groups in total. The highest BCUT2D eigenvalue weighted by atomic mass is 32.2. The summed E-state index contributed by atoms with van der Waals surface area (Å²) in [5.74, 6) is -0.312. The molecular formula is C20H17NO4S2. The van der Waals surface area contributed by atoms with Crippen LogP contribution in [0, 0.1) is 0 Å². The average molecular weight is 399 g/mol. The van der Waals surface area contributed by atoms with Crippen LogP contribution in [0.5, 0.6) is 5.75 Å². The lowest BCUT2D eigenvalue weighted by Crippen LogP contribution is -2.30. The van der Waals surface area contributed by atoms with E-state index in [0.717, 1.165) is 16.9 Å². The lowest BCUT2D eigenvalue weighted by atomic mass is 10.1. The molecule has 1 aliphatic heterocycles. The number of nitrogens with zero attached hydrogens (tertiary/aromatic N) is 1. The number of thiocarbonyl (C=S) groups is 1. The number of hydrogen-bond acceptors (Lipinski definition) is 5. The van der Waals surface area contributed by atoms with Crippen LogP contribution in [0.1, 0.15) is 21.5 Å². The molecule has 1 saturated heterocycles. The fourth-order valence-electron chi connectivity index (χ4n) is 2.60. The maximum absolute atomic E-state index is 12.7. The van der Waals surface area contributed by atoms with Gasteiger partial charge in [0.25, 0.3) is 5.91 Å². The van der Waals surface area contributed by atoms with Crippen molar-refractivity contribution in [2.75, 3.05) is 13.7 Å². The third-order valence-electron chi connectivity index (χ3n) is 4.11. The second kappa shape index (κ2) is 8.37. The van der Waals surface area contributed by atoms with E-state index in [1.54, 1.807) is 30.2 Å². The molecular weight excluding hydrogens is 382 g/mol. The number of aromatic carboxylic acids is 1. The molecule has 0 saturated carbocycles. The Morgan fingerprint density at radius 1 is 1.19 bits per heavy atom. The number of amides is 1. The van der Waals surface area contributed by atoms with E-state index >= 15 is 0 Å². The Labute approximate surface area is 166 Å². The van der Waals surface area contributed by atoms with E-state index in [1.165, 1.54) is 23.9 Å². The summed E-state index contributed by atoms with van der Waals surface area (Å²) in [5.41, 5.74) is 2.06. The van der Waals surface area contributed by atoms with Crippen LogP contribution in [0.2, 0.25) is 0 Å². The van der Waals surface area contributed by atoms with E-state index in [4.69, 9.17) is 22.1 Å². The van der Waals surface area contributed by atoms with Gasteiger partial charge >= 0.3 is 5.97 Å². The summed E-state index contributed by atoms with van der Waals surface area (Å²) in [4.78, 5) is 25.7. The minimum Gasteiger partial charge on any atom is -0.497 e. The zero-order valence-electron chi connectivity index (χ0n) is 14.5. The molecule has 0 aromatic heterocycles. The van der Waals surface area contributed by atoms with Gasteiger partial charge in [-0.3, -0.25) is 9.69 Å². The molecule has 1 aliphatic rings. The minimum atomic E-state index is -0.980. The Morgan fingerprint density at radius 2 is 1.85 bits per heavy atom. The molecule has 1 heterocycles. The first-order chi connectivity index (χ1) is 13.0. The highest BCUT2D eigenvalue weighted by Crippen LogP contribution is 2.32. The first-order valence-corrected chi connectivity index (χ1v) is 9.42. The van der Waals surface area contributed by atoms with Crippen molar-refractivity contribution in [3.05, 3.63) is 70.1 Å². The van der Waals surface area contributed by atoms with Crippen LogP contribution in [0.25, 0.3) is 6.08 Å². The number of carbonyl (C=O) groups is 2. The predicted molar refractivity (Wildman–Crippen MR) is 110 cm³/mol. The van der Waals surface area contributed by atoms with E-state index in [1.807, 2.05) is 24.3 Å². The molecule has 2 aromatic carbocycles. The number of benzene rings is 2. The van der Waals surface area contributed by atoms with Gasteiger partial charge < -0.3 is 9.84 Å². The molecule has 0 unspecified atom stereocenters. The SMILES string of the molecule is COc1ccc(CCN2C(=O)/C(=C\c3ccc(C(=O)O)cc3)SC2=S)cc1. The molecule has 0 bridgehead atoms. The zero-order valence-corrected chi connectivity index (χ0v) is 16.2. The average Bonchev–Trinajstić information content (AvgIpc) is 2.94. The molecule has 3 rings (SSSR count). The molecule has 27 heavy (non-hydrogen) atoms. The van der Waals surface area contributed by atoms with E-state index in [0.29, 0.717) is 22.2 Å². The van der Waals surface area contributed by atoms with E-state index in [-0.39, 0.29) is 11.5 Å². The normalized spacial score (nSPS) is 15.4. The van der Waals surface area contributed by atoms with Gasteiger partial charge in [0.15, 0.2) is 0 Å². The minimum absolute atomic E-state index is 0.124. The monoisotopic (exact) mass is 399 g/mol. The number of carboxylic acid groups (broad SMARTS) is 1. The van der Waals surface area contributed by atoms with Crippen molar-refractivity contribution < 1.29 is 19.4 Å². The molecule has 0 aliphatic carbocycles. The van der Waals surface area contributed by atoms with Crippen LogP contribution in [-0.4, -0.2) is 39.9 Å². The fraction of sp³-hybridized carbons (Fsp3) is 0.150. The Hall–Kier alpha value is -2.64. The number of thioether (sulfide) groups is 1. The molecule has 0 atom stereocenters. The fourth-order valence-corrected chi connectivity index (χ4v) is 3.91. The number of hydrogen-bond donors (Lipinski definition) is 1. The van der Waals surface area contributed by atoms with Crippen molar-refractivity contribution >= 4 is 46.3 Å². The first kappa shape index (κ1) is 19.1. The molecule has 1 amide bonds. The number of carboxylic acids is 1. The third kappa shape index (κ3) is 4.56. The summed E-state index contributed by atoms with van der Waals surface area (Å²) >= 11 is 6.61. The molecule has 2 aromatic rings. The largest absolute Gasteiger partial charge is 0.497 e. The van der Waals surface area contributed by atoms with Crippen molar-refractivity contribution in [3.63, 3.8) is 0 Å². The summed E-state index contributed by atoms with van der Waals surface area (Å²) in [5, 5.41) is 8.95. The Morgan fingerprint density at radius 3 is 2.44 bits per heavy atom. The number of methoxy groups -OCH3 is 1. The highest BCUT2D eigenvalue weighted by molar-refractivity contribution is 8.26. The van der Waals surface area contributed by atoms with Gasteiger partial charge in [-0.15, -0.1) is 0 Å². The Bertz CT molecular complexity index is 905. The van der Waals surface area contributed by atoms with Crippen LogP contribution in [-0.2, 0) is 11.2 Å². The third-order valence-corrected chi connectivity index (χ3v) is 5.49. The summed E-state index contributed by atoms with van der Waals surface area (Å²) in [7, 11) is 1.62. The van der Waals surface area contributed by atoms with Gasteiger partial charge in [-0.2, -0.15) is 0 Å². The van der Waals surface area contributed by atoms with Crippen molar-refractivity contribution in [1.82, 2.24) is 4.90 Å². The summed E-state index contributed by atoms with van der Waals surface area (Å²) in [6.07, 6.45) is 2.43. The number of rotatable bonds is 6. The van der Waals surface area contributed by atoms with Crippen molar-refractivity contribution in [1.29, 1.82) is 0 Å². The van der Waals surface area contributed by atoms with Crippen LogP contribution in [0.15, 0.2) is 53.4 Å². The molecule has 7 heteroatoms. The van der Waals surface area contributed by atoms with Gasteiger partial charge in [-0.05, 0) is 47.9 Å². The van der Waals surface area contributed by atoms with E-state index < -0.39 is 5.97 Å². The van der Waals surface area contributed by atoms with E-state index in [2.05, 4.69) is 0 Å². The van der Waals surface area contributed by atoms with Crippen LogP contribution < -0.4 is 4.74 Å². The van der Waals surface area contributed by atoms with Gasteiger partial charge in [0, 0.05) is 6.54 Å².